The first-order valence-corrected chi connectivity index (χ1v) is 10.1. The number of H-pyrrole nitrogens is 1. The number of benzene rings is 1. The topological polar surface area (TPSA) is 75.6 Å². The number of piperazine rings is 2. The molecule has 7 heteroatoms. The van der Waals surface area contributed by atoms with Crippen molar-refractivity contribution < 1.29 is 9.53 Å². The Hall–Kier alpha value is -2.98. The molecule has 2 aliphatic rings. The number of nitrogens with zero attached hydrogens (tertiary/aromatic N) is 4. The summed E-state index contributed by atoms with van der Waals surface area (Å²) in [6.07, 6.45) is 6.05. The summed E-state index contributed by atoms with van der Waals surface area (Å²) in [7, 11) is 1.68. The Bertz CT molecular complexity index is 904. The molecule has 2 atom stereocenters. The Morgan fingerprint density at radius 3 is 2.83 bits per heavy atom. The summed E-state index contributed by atoms with van der Waals surface area (Å²) in [5.74, 6) is 1.18. The molecule has 0 aliphatic carbocycles. The van der Waals surface area contributed by atoms with Crippen LogP contribution in [-0.2, 0) is 4.79 Å². The Balaban J connectivity index is 1.49. The van der Waals surface area contributed by atoms with Crippen molar-refractivity contribution in [3.8, 4) is 23.1 Å². The van der Waals surface area contributed by atoms with Gasteiger partial charge in [0.1, 0.15) is 11.8 Å². The molecule has 0 bridgehead atoms. The summed E-state index contributed by atoms with van der Waals surface area (Å²) >= 11 is 0. The molecule has 0 radical (unpaired) electrons. The van der Waals surface area contributed by atoms with Crippen molar-refractivity contribution in [3.05, 3.63) is 42.2 Å². The predicted octanol–water partition coefficient (Wildman–Crippen LogP) is 2.10. The van der Waals surface area contributed by atoms with Crippen LogP contribution >= 0.6 is 0 Å². The number of methoxy groups -OCH3 is 1. The molecule has 1 N–H and O–H groups in total. The van der Waals surface area contributed by atoms with E-state index in [0.717, 1.165) is 36.5 Å². The summed E-state index contributed by atoms with van der Waals surface area (Å²) in [6.45, 7) is 6.45. The van der Waals surface area contributed by atoms with Gasteiger partial charge in [0.2, 0.25) is 5.91 Å². The highest BCUT2D eigenvalue weighted by Crippen LogP contribution is 2.33. The maximum Gasteiger partial charge on any atom is 0.241 e. The largest absolute Gasteiger partial charge is 0.496 e. The summed E-state index contributed by atoms with van der Waals surface area (Å²) in [6, 6.07) is 8.07. The minimum Gasteiger partial charge on any atom is -0.496 e. The predicted molar refractivity (Wildman–Crippen MR) is 110 cm³/mol. The average Bonchev–Trinajstić information content (AvgIpc) is 3.29. The standard InChI is InChI=1S/C22H27N5O2/c1-16(17-3-4-21(29-2)19(11-17)18-5-6-24-12-18)13-27-10-9-26-8-7-25(15-23)14-20(26)22(27)28/h3-6,11-12,16,20,24H,7-10,13-14H2,1-2H3/t16?,20-/m1/s1. The number of carbonyl (C=O) groups is 1. The third-order valence-electron chi connectivity index (χ3n) is 6.08. The second-order valence-corrected chi connectivity index (χ2v) is 7.84. The fraction of sp³-hybridized carbons (Fsp3) is 0.455. The third kappa shape index (κ3) is 3.81. The van der Waals surface area contributed by atoms with Crippen molar-refractivity contribution in [2.75, 3.05) is 46.4 Å². The molecule has 2 fully saturated rings. The Morgan fingerprint density at radius 1 is 1.28 bits per heavy atom. The number of amides is 1. The molecule has 29 heavy (non-hydrogen) atoms. The van der Waals surface area contributed by atoms with Gasteiger partial charge in [-0.15, -0.1) is 0 Å². The van der Waals surface area contributed by atoms with E-state index in [9.17, 15) is 10.1 Å². The van der Waals surface area contributed by atoms with Gasteiger partial charge in [0.25, 0.3) is 0 Å². The zero-order valence-electron chi connectivity index (χ0n) is 17.0. The van der Waals surface area contributed by atoms with Crippen LogP contribution in [0.25, 0.3) is 11.1 Å². The van der Waals surface area contributed by atoms with Crippen LogP contribution in [-0.4, -0.2) is 78.0 Å². The molecule has 3 heterocycles. The number of ether oxygens (including phenoxy) is 1. The van der Waals surface area contributed by atoms with E-state index in [2.05, 4.69) is 35.1 Å². The Labute approximate surface area is 171 Å². The zero-order chi connectivity index (χ0) is 20.4. The van der Waals surface area contributed by atoms with Gasteiger partial charge in [-0.05, 0) is 29.7 Å². The Morgan fingerprint density at radius 2 is 2.10 bits per heavy atom. The lowest BCUT2D eigenvalue weighted by atomic mass is 9.95. The first-order chi connectivity index (χ1) is 14.1. The maximum atomic E-state index is 13.1. The first-order valence-electron chi connectivity index (χ1n) is 10.1. The number of fused-ring (bicyclic) bond motifs is 1. The lowest BCUT2D eigenvalue weighted by molar-refractivity contribution is -0.144. The van der Waals surface area contributed by atoms with Crippen LogP contribution in [0.3, 0.4) is 0 Å². The third-order valence-corrected chi connectivity index (χ3v) is 6.08. The van der Waals surface area contributed by atoms with Gasteiger partial charge in [0, 0.05) is 56.2 Å². The fourth-order valence-corrected chi connectivity index (χ4v) is 4.35. The highest BCUT2D eigenvalue weighted by atomic mass is 16.5. The lowest BCUT2D eigenvalue weighted by Gasteiger charge is -2.45. The highest BCUT2D eigenvalue weighted by molar-refractivity contribution is 5.83. The molecule has 1 aromatic heterocycles. The van der Waals surface area contributed by atoms with Gasteiger partial charge in [-0.25, -0.2) is 0 Å². The van der Waals surface area contributed by atoms with Crippen LogP contribution in [0.1, 0.15) is 18.4 Å². The molecule has 2 aliphatic heterocycles. The van der Waals surface area contributed by atoms with Gasteiger partial charge < -0.3 is 19.5 Å². The number of nitriles is 1. The number of rotatable bonds is 5. The van der Waals surface area contributed by atoms with Crippen LogP contribution in [0.5, 0.6) is 5.75 Å². The SMILES string of the molecule is COc1ccc(C(C)CN2CCN3CCN(C#N)C[C@@H]3C2=O)cc1-c1cc[nH]c1. The van der Waals surface area contributed by atoms with E-state index in [1.165, 1.54) is 5.56 Å². The summed E-state index contributed by atoms with van der Waals surface area (Å²) in [5, 5.41) is 9.19. The number of hydrogen-bond acceptors (Lipinski definition) is 5. The van der Waals surface area contributed by atoms with E-state index < -0.39 is 0 Å². The van der Waals surface area contributed by atoms with Crippen molar-refractivity contribution in [1.29, 1.82) is 5.26 Å². The Kier molecular flexibility index (Phi) is 5.45. The van der Waals surface area contributed by atoms with Gasteiger partial charge >= 0.3 is 0 Å². The minimum absolute atomic E-state index is 0.141. The van der Waals surface area contributed by atoms with Gasteiger partial charge in [-0.1, -0.05) is 13.0 Å². The van der Waals surface area contributed by atoms with Gasteiger partial charge in [-0.2, -0.15) is 5.26 Å². The van der Waals surface area contributed by atoms with E-state index in [-0.39, 0.29) is 17.9 Å². The van der Waals surface area contributed by atoms with E-state index in [0.29, 0.717) is 19.6 Å². The smallest absolute Gasteiger partial charge is 0.241 e. The summed E-state index contributed by atoms with van der Waals surface area (Å²) in [4.78, 5) is 22.0. The lowest BCUT2D eigenvalue weighted by Crippen LogP contribution is -2.64. The summed E-state index contributed by atoms with van der Waals surface area (Å²) in [5.41, 5.74) is 3.31. The van der Waals surface area contributed by atoms with Crippen LogP contribution in [0.2, 0.25) is 0 Å². The quantitative estimate of drug-likeness (QED) is 0.788. The first kappa shape index (κ1) is 19.3. The molecule has 0 spiro atoms. The summed E-state index contributed by atoms with van der Waals surface area (Å²) < 4.78 is 5.54. The van der Waals surface area contributed by atoms with Crippen molar-refractivity contribution in [2.45, 2.75) is 18.9 Å². The molecule has 152 valence electrons. The molecule has 1 unspecified atom stereocenters. The van der Waals surface area contributed by atoms with Crippen molar-refractivity contribution >= 4 is 5.91 Å². The van der Waals surface area contributed by atoms with E-state index in [1.54, 1.807) is 12.0 Å². The second kappa shape index (κ2) is 8.18. The van der Waals surface area contributed by atoms with Gasteiger partial charge in [0.05, 0.1) is 13.7 Å². The molecule has 1 aromatic carbocycles. The van der Waals surface area contributed by atoms with Gasteiger partial charge in [0.15, 0.2) is 6.19 Å². The molecule has 7 nitrogen and oxygen atoms in total. The van der Waals surface area contributed by atoms with Crippen molar-refractivity contribution in [2.24, 2.45) is 0 Å². The average molecular weight is 393 g/mol. The van der Waals surface area contributed by atoms with E-state index >= 15 is 0 Å². The zero-order valence-corrected chi connectivity index (χ0v) is 17.0. The van der Waals surface area contributed by atoms with Crippen LogP contribution < -0.4 is 4.74 Å². The number of nitrogens with one attached hydrogen (secondary N) is 1. The molecular weight excluding hydrogens is 366 g/mol. The van der Waals surface area contributed by atoms with E-state index in [4.69, 9.17) is 4.74 Å². The normalized spacial score (nSPS) is 20.9. The van der Waals surface area contributed by atoms with E-state index in [1.807, 2.05) is 29.4 Å². The number of aromatic nitrogens is 1. The molecular formula is C22H27N5O2. The van der Waals surface area contributed by atoms with Crippen molar-refractivity contribution in [3.63, 3.8) is 0 Å². The second-order valence-electron chi connectivity index (χ2n) is 7.84. The number of hydrogen-bond donors (Lipinski definition) is 1. The molecule has 4 rings (SSSR count). The molecule has 1 amide bonds. The van der Waals surface area contributed by atoms with Crippen LogP contribution in [0, 0.1) is 11.5 Å². The van der Waals surface area contributed by atoms with Crippen molar-refractivity contribution in [1.82, 2.24) is 19.7 Å². The number of aromatic amines is 1. The molecule has 0 saturated carbocycles. The monoisotopic (exact) mass is 393 g/mol. The minimum atomic E-state index is -0.198. The molecule has 2 saturated heterocycles. The van der Waals surface area contributed by atoms with Gasteiger partial charge in [-0.3, -0.25) is 9.69 Å². The number of carbonyl (C=O) groups excluding carboxylic acids is 1. The van der Waals surface area contributed by atoms with Crippen LogP contribution in [0.4, 0.5) is 0 Å². The van der Waals surface area contributed by atoms with Crippen LogP contribution in [0.15, 0.2) is 36.7 Å². The fourth-order valence-electron chi connectivity index (χ4n) is 4.35. The molecule has 2 aromatic rings. The maximum absolute atomic E-state index is 13.1. The highest BCUT2D eigenvalue weighted by Gasteiger charge is 2.38.